The molecule has 0 fully saturated rings. The Morgan fingerprint density at radius 1 is 1.28 bits per heavy atom. The molecule has 0 aliphatic rings. The molecule has 2 heteroatoms. The van der Waals surface area contributed by atoms with Crippen LogP contribution in [-0.4, -0.2) is 13.1 Å². The van der Waals surface area contributed by atoms with Gasteiger partial charge in [-0.25, -0.2) is 0 Å². The maximum absolute atomic E-state index is 5.80. The Kier molecular flexibility index (Phi) is 5.40. The minimum absolute atomic E-state index is 0.187. The van der Waals surface area contributed by atoms with Gasteiger partial charge in [0.15, 0.2) is 0 Å². The van der Waals surface area contributed by atoms with Crippen LogP contribution in [0.5, 0.6) is 0 Å². The van der Waals surface area contributed by atoms with Crippen LogP contribution < -0.4 is 11.1 Å². The molecular formula is C16H24N2. The van der Waals surface area contributed by atoms with E-state index in [0.717, 1.165) is 13.0 Å². The Labute approximate surface area is 111 Å². The van der Waals surface area contributed by atoms with E-state index in [2.05, 4.69) is 56.3 Å². The fourth-order valence-corrected chi connectivity index (χ4v) is 1.87. The van der Waals surface area contributed by atoms with Gasteiger partial charge in [0.2, 0.25) is 0 Å². The molecular weight excluding hydrogens is 220 g/mol. The zero-order valence-corrected chi connectivity index (χ0v) is 11.7. The van der Waals surface area contributed by atoms with E-state index in [-0.39, 0.29) is 11.5 Å². The molecule has 0 saturated heterocycles. The summed E-state index contributed by atoms with van der Waals surface area (Å²) in [6.45, 7) is 8.04. The van der Waals surface area contributed by atoms with Gasteiger partial charge in [0.25, 0.3) is 0 Å². The molecule has 0 aliphatic carbocycles. The summed E-state index contributed by atoms with van der Waals surface area (Å²) < 4.78 is 0. The Balaban J connectivity index is 2.73. The highest BCUT2D eigenvalue weighted by Crippen LogP contribution is 2.23. The minimum Gasteiger partial charge on any atom is -0.329 e. The molecule has 0 aromatic heterocycles. The molecule has 1 atom stereocenters. The summed E-state index contributed by atoms with van der Waals surface area (Å²) in [6, 6.07) is 8.86. The third kappa shape index (κ3) is 4.18. The van der Waals surface area contributed by atoms with Crippen LogP contribution in [0.15, 0.2) is 24.3 Å². The van der Waals surface area contributed by atoms with Crippen molar-refractivity contribution >= 4 is 0 Å². The zero-order valence-electron chi connectivity index (χ0n) is 11.7. The van der Waals surface area contributed by atoms with Gasteiger partial charge < -0.3 is 11.1 Å². The van der Waals surface area contributed by atoms with Crippen LogP contribution in [0.3, 0.4) is 0 Å². The average molecular weight is 244 g/mol. The Bertz CT molecular complexity index is 393. The van der Waals surface area contributed by atoms with Gasteiger partial charge in [0, 0.05) is 25.6 Å². The van der Waals surface area contributed by atoms with Crippen LogP contribution in [0, 0.1) is 12.3 Å². The molecule has 3 N–H and O–H groups in total. The number of terminal acetylenes is 1. The third-order valence-electron chi connectivity index (χ3n) is 3.07. The number of rotatable bonds is 5. The first-order valence-electron chi connectivity index (χ1n) is 6.46. The van der Waals surface area contributed by atoms with Crippen LogP contribution >= 0.6 is 0 Å². The van der Waals surface area contributed by atoms with Gasteiger partial charge in [0.05, 0.1) is 0 Å². The van der Waals surface area contributed by atoms with Gasteiger partial charge >= 0.3 is 0 Å². The van der Waals surface area contributed by atoms with E-state index in [1.54, 1.807) is 0 Å². The van der Waals surface area contributed by atoms with Crippen molar-refractivity contribution in [3.8, 4) is 12.3 Å². The van der Waals surface area contributed by atoms with E-state index in [1.165, 1.54) is 11.1 Å². The van der Waals surface area contributed by atoms with Crippen molar-refractivity contribution in [1.82, 2.24) is 5.32 Å². The zero-order chi connectivity index (χ0) is 13.6. The van der Waals surface area contributed by atoms with Gasteiger partial charge in [-0.15, -0.1) is 12.3 Å². The van der Waals surface area contributed by atoms with E-state index >= 15 is 0 Å². The number of hydrogen-bond donors (Lipinski definition) is 2. The van der Waals surface area contributed by atoms with Gasteiger partial charge in [-0.3, -0.25) is 0 Å². The summed E-state index contributed by atoms with van der Waals surface area (Å²) in [5, 5.41) is 3.38. The molecule has 2 nitrogen and oxygen atoms in total. The number of nitrogens with one attached hydrogen (secondary N) is 1. The molecule has 0 saturated carbocycles. The molecule has 0 heterocycles. The summed E-state index contributed by atoms with van der Waals surface area (Å²) in [7, 11) is 0. The summed E-state index contributed by atoms with van der Waals surface area (Å²) >= 11 is 0. The Morgan fingerprint density at radius 3 is 2.33 bits per heavy atom. The first-order chi connectivity index (χ1) is 8.49. The number of hydrogen-bond acceptors (Lipinski definition) is 2. The molecule has 1 aromatic carbocycles. The quantitative estimate of drug-likeness (QED) is 0.617. The fraction of sp³-hybridized carbons (Fsp3) is 0.500. The van der Waals surface area contributed by atoms with Crippen molar-refractivity contribution in [2.75, 3.05) is 13.1 Å². The first kappa shape index (κ1) is 14.8. The molecule has 18 heavy (non-hydrogen) atoms. The monoisotopic (exact) mass is 244 g/mol. The van der Waals surface area contributed by atoms with Crippen LogP contribution in [0.2, 0.25) is 0 Å². The van der Waals surface area contributed by atoms with E-state index in [1.807, 2.05) is 0 Å². The molecule has 1 unspecified atom stereocenters. The molecule has 0 radical (unpaired) electrons. The van der Waals surface area contributed by atoms with E-state index < -0.39 is 0 Å². The second-order valence-electron chi connectivity index (χ2n) is 5.57. The molecule has 0 spiro atoms. The van der Waals surface area contributed by atoms with Crippen molar-refractivity contribution in [2.24, 2.45) is 5.73 Å². The van der Waals surface area contributed by atoms with E-state index in [9.17, 15) is 0 Å². The van der Waals surface area contributed by atoms with Crippen LogP contribution in [-0.2, 0) is 5.41 Å². The lowest BCUT2D eigenvalue weighted by Crippen LogP contribution is -2.29. The number of benzene rings is 1. The maximum Gasteiger partial charge on any atom is 0.0444 e. The Morgan fingerprint density at radius 2 is 1.89 bits per heavy atom. The summed E-state index contributed by atoms with van der Waals surface area (Å²) in [6.07, 6.45) is 5.97. The van der Waals surface area contributed by atoms with Gasteiger partial charge in [-0.2, -0.15) is 0 Å². The van der Waals surface area contributed by atoms with Gasteiger partial charge in [-0.1, -0.05) is 45.0 Å². The maximum atomic E-state index is 5.80. The molecule has 98 valence electrons. The van der Waals surface area contributed by atoms with Gasteiger partial charge in [-0.05, 0) is 16.5 Å². The smallest absolute Gasteiger partial charge is 0.0444 e. The molecule has 0 bridgehead atoms. The third-order valence-corrected chi connectivity index (χ3v) is 3.07. The first-order valence-corrected chi connectivity index (χ1v) is 6.46. The lowest BCUT2D eigenvalue weighted by atomic mass is 9.86. The molecule has 1 aromatic rings. The van der Waals surface area contributed by atoms with Gasteiger partial charge in [0.1, 0.15) is 0 Å². The summed E-state index contributed by atoms with van der Waals surface area (Å²) in [5.74, 6) is 2.62. The fourth-order valence-electron chi connectivity index (χ4n) is 1.87. The highest BCUT2D eigenvalue weighted by atomic mass is 14.9. The SMILES string of the molecule is C#CCCNC(CN)c1ccc(C(C)(C)C)cc1. The lowest BCUT2D eigenvalue weighted by molar-refractivity contribution is 0.548. The summed E-state index contributed by atoms with van der Waals surface area (Å²) in [5.41, 5.74) is 8.55. The van der Waals surface area contributed by atoms with Crippen LogP contribution in [0.25, 0.3) is 0 Å². The topological polar surface area (TPSA) is 38.0 Å². The standard InChI is InChI=1S/C16H24N2/c1-5-6-11-18-15(12-17)13-7-9-14(10-8-13)16(2,3)4/h1,7-10,15,18H,6,11-12,17H2,2-4H3. The summed E-state index contributed by atoms with van der Waals surface area (Å²) in [4.78, 5) is 0. The predicted octanol–water partition coefficient (Wildman–Crippen LogP) is 2.60. The number of nitrogens with two attached hydrogens (primary N) is 1. The normalized spacial score (nSPS) is 13.1. The van der Waals surface area contributed by atoms with Crippen LogP contribution in [0.1, 0.15) is 44.4 Å². The minimum atomic E-state index is 0.187. The largest absolute Gasteiger partial charge is 0.329 e. The highest BCUT2D eigenvalue weighted by molar-refractivity contribution is 5.29. The molecule has 0 amide bonds. The van der Waals surface area contributed by atoms with Crippen molar-refractivity contribution in [2.45, 2.75) is 38.6 Å². The second-order valence-corrected chi connectivity index (χ2v) is 5.57. The van der Waals surface area contributed by atoms with E-state index in [4.69, 9.17) is 12.2 Å². The molecule has 1 rings (SSSR count). The van der Waals surface area contributed by atoms with Crippen molar-refractivity contribution in [3.05, 3.63) is 35.4 Å². The second kappa shape index (κ2) is 6.58. The highest BCUT2D eigenvalue weighted by Gasteiger charge is 2.14. The molecule has 0 aliphatic heterocycles. The Hall–Kier alpha value is -1.30. The predicted molar refractivity (Wildman–Crippen MR) is 78.4 cm³/mol. The van der Waals surface area contributed by atoms with Crippen molar-refractivity contribution < 1.29 is 0 Å². The van der Waals surface area contributed by atoms with Crippen molar-refractivity contribution in [1.29, 1.82) is 0 Å². The average Bonchev–Trinajstić information content (AvgIpc) is 2.34. The van der Waals surface area contributed by atoms with Crippen molar-refractivity contribution in [3.63, 3.8) is 0 Å². The lowest BCUT2D eigenvalue weighted by Gasteiger charge is -2.21. The van der Waals surface area contributed by atoms with E-state index in [0.29, 0.717) is 6.54 Å². The van der Waals surface area contributed by atoms with Crippen LogP contribution in [0.4, 0.5) is 0 Å².